The summed E-state index contributed by atoms with van der Waals surface area (Å²) in [6, 6.07) is 14.3. The predicted molar refractivity (Wildman–Crippen MR) is 127 cm³/mol. The molecule has 0 saturated carbocycles. The molecule has 1 N–H and O–H groups in total. The first-order chi connectivity index (χ1) is 16.3. The summed E-state index contributed by atoms with van der Waals surface area (Å²) in [6.07, 6.45) is 0. The first-order valence-electron chi connectivity index (χ1n) is 10.3. The second-order valence-corrected chi connectivity index (χ2v) is 8.13. The number of aliphatic hydroxyl groups is 1. The van der Waals surface area contributed by atoms with Gasteiger partial charge in [0, 0.05) is 10.7 Å². The van der Waals surface area contributed by atoms with Gasteiger partial charge >= 0.3 is 0 Å². The summed E-state index contributed by atoms with van der Waals surface area (Å²) >= 11 is 6.30. The number of methoxy groups -OCH3 is 2. The molecular formula is C26H21ClFNO5. The van der Waals surface area contributed by atoms with E-state index in [0.717, 1.165) is 11.6 Å². The van der Waals surface area contributed by atoms with Crippen LogP contribution in [0.2, 0.25) is 5.02 Å². The van der Waals surface area contributed by atoms with Crippen molar-refractivity contribution in [1.29, 1.82) is 0 Å². The summed E-state index contributed by atoms with van der Waals surface area (Å²) in [7, 11) is 2.88. The summed E-state index contributed by atoms with van der Waals surface area (Å²) in [5.41, 5.74) is 1.47. The molecule has 174 valence electrons. The van der Waals surface area contributed by atoms with E-state index in [4.69, 9.17) is 21.1 Å². The Morgan fingerprint density at radius 1 is 1.00 bits per heavy atom. The molecule has 34 heavy (non-hydrogen) atoms. The summed E-state index contributed by atoms with van der Waals surface area (Å²) in [6.45, 7) is 1.82. The molecule has 0 bridgehead atoms. The Morgan fingerprint density at radius 2 is 1.71 bits per heavy atom. The topological polar surface area (TPSA) is 76.1 Å². The molecule has 1 atom stereocenters. The minimum atomic E-state index is -1.00. The smallest absolute Gasteiger partial charge is 0.300 e. The van der Waals surface area contributed by atoms with Gasteiger partial charge in [0.05, 0.1) is 31.4 Å². The number of nitrogens with zero attached hydrogens (tertiary/aromatic N) is 1. The van der Waals surface area contributed by atoms with Gasteiger partial charge in [0.25, 0.3) is 11.7 Å². The first-order valence-corrected chi connectivity index (χ1v) is 10.7. The molecule has 1 aliphatic heterocycles. The number of aryl methyl sites for hydroxylation is 1. The van der Waals surface area contributed by atoms with Gasteiger partial charge < -0.3 is 14.6 Å². The van der Waals surface area contributed by atoms with Gasteiger partial charge in [0.15, 0.2) is 0 Å². The SMILES string of the molecule is COc1ccc(C2/C(=C(\O)c3cc(F)ccc3OC)C(=O)C(=O)N2c2ccc(C)c(Cl)c2)cc1. The van der Waals surface area contributed by atoms with E-state index in [-0.39, 0.29) is 16.9 Å². The molecule has 1 unspecified atom stereocenters. The molecule has 3 aromatic rings. The quantitative estimate of drug-likeness (QED) is 0.299. The zero-order valence-corrected chi connectivity index (χ0v) is 19.4. The van der Waals surface area contributed by atoms with Gasteiger partial charge in [-0.25, -0.2) is 4.39 Å². The Hall–Kier alpha value is -3.84. The fourth-order valence-electron chi connectivity index (χ4n) is 3.94. The maximum atomic E-state index is 14.1. The number of halogens is 2. The van der Waals surface area contributed by atoms with Crippen molar-refractivity contribution in [3.8, 4) is 11.5 Å². The van der Waals surface area contributed by atoms with Crippen LogP contribution in [0.4, 0.5) is 10.1 Å². The maximum Gasteiger partial charge on any atom is 0.300 e. The fourth-order valence-corrected chi connectivity index (χ4v) is 4.12. The highest BCUT2D eigenvalue weighted by atomic mass is 35.5. The highest BCUT2D eigenvalue weighted by molar-refractivity contribution is 6.52. The van der Waals surface area contributed by atoms with E-state index < -0.39 is 29.3 Å². The number of rotatable bonds is 5. The number of amides is 1. The van der Waals surface area contributed by atoms with Crippen molar-refractivity contribution in [1.82, 2.24) is 0 Å². The molecule has 0 aliphatic carbocycles. The molecule has 6 nitrogen and oxygen atoms in total. The second-order valence-electron chi connectivity index (χ2n) is 7.72. The van der Waals surface area contributed by atoms with Crippen molar-refractivity contribution in [2.45, 2.75) is 13.0 Å². The van der Waals surface area contributed by atoms with Crippen LogP contribution in [-0.4, -0.2) is 31.0 Å². The number of carbonyl (C=O) groups is 2. The van der Waals surface area contributed by atoms with Crippen LogP contribution in [0.1, 0.15) is 22.7 Å². The lowest BCUT2D eigenvalue weighted by atomic mass is 9.94. The van der Waals surface area contributed by atoms with Crippen molar-refractivity contribution in [3.05, 3.63) is 93.8 Å². The molecule has 4 rings (SSSR count). The molecule has 3 aromatic carbocycles. The molecule has 1 heterocycles. The highest BCUT2D eigenvalue weighted by Gasteiger charge is 2.47. The first kappa shape index (κ1) is 23.3. The minimum Gasteiger partial charge on any atom is -0.507 e. The molecule has 0 spiro atoms. The number of anilines is 1. The molecule has 1 saturated heterocycles. The van der Waals surface area contributed by atoms with Crippen molar-refractivity contribution < 1.29 is 28.6 Å². The Morgan fingerprint density at radius 3 is 2.32 bits per heavy atom. The van der Waals surface area contributed by atoms with E-state index in [1.165, 1.54) is 31.3 Å². The van der Waals surface area contributed by atoms with Crippen LogP contribution in [-0.2, 0) is 9.59 Å². The number of benzene rings is 3. The minimum absolute atomic E-state index is 0.0408. The number of Topliss-reactive ketones (excluding diaryl/α,β-unsaturated/α-hetero) is 1. The number of hydrogen-bond acceptors (Lipinski definition) is 5. The van der Waals surface area contributed by atoms with E-state index >= 15 is 0 Å². The monoisotopic (exact) mass is 481 g/mol. The summed E-state index contributed by atoms with van der Waals surface area (Å²) in [5.74, 6) is -2.22. The Bertz CT molecular complexity index is 1320. The molecule has 0 radical (unpaired) electrons. The standard InChI is InChI=1S/C26H21ClFNO5/c1-14-4-8-17(13-20(14)27)29-23(15-5-9-18(33-2)10-6-15)22(25(31)26(29)32)24(30)19-12-16(28)7-11-21(19)34-3/h4-13,23,30H,1-3H3/b24-22+. The largest absolute Gasteiger partial charge is 0.507 e. The van der Waals surface area contributed by atoms with Crippen molar-refractivity contribution in [2.24, 2.45) is 0 Å². The zero-order chi connectivity index (χ0) is 24.6. The van der Waals surface area contributed by atoms with Gasteiger partial charge in [-0.15, -0.1) is 0 Å². The normalized spacial score (nSPS) is 17.2. The second kappa shape index (κ2) is 9.19. The number of aliphatic hydroxyl groups excluding tert-OH is 1. The van der Waals surface area contributed by atoms with E-state index in [2.05, 4.69) is 0 Å². The third-order valence-electron chi connectivity index (χ3n) is 5.73. The van der Waals surface area contributed by atoms with Gasteiger partial charge in [-0.2, -0.15) is 0 Å². The molecular weight excluding hydrogens is 461 g/mol. The molecule has 0 aromatic heterocycles. The zero-order valence-electron chi connectivity index (χ0n) is 18.6. The predicted octanol–water partition coefficient (Wildman–Crippen LogP) is 5.43. The van der Waals surface area contributed by atoms with Crippen LogP contribution < -0.4 is 14.4 Å². The lowest BCUT2D eigenvalue weighted by Gasteiger charge is -2.26. The third kappa shape index (κ3) is 3.99. The van der Waals surface area contributed by atoms with Crippen LogP contribution in [0.15, 0.2) is 66.2 Å². The number of ether oxygens (including phenoxy) is 2. The maximum absolute atomic E-state index is 14.1. The number of ketones is 1. The van der Waals surface area contributed by atoms with Crippen LogP contribution >= 0.6 is 11.6 Å². The van der Waals surface area contributed by atoms with Crippen LogP contribution in [0.3, 0.4) is 0 Å². The Kier molecular flexibility index (Phi) is 6.30. The number of carbonyl (C=O) groups excluding carboxylic acids is 2. The van der Waals surface area contributed by atoms with E-state index in [9.17, 15) is 19.1 Å². The van der Waals surface area contributed by atoms with Gasteiger partial charge in [-0.3, -0.25) is 14.5 Å². The summed E-state index contributed by atoms with van der Waals surface area (Å²) < 4.78 is 24.5. The van der Waals surface area contributed by atoms with E-state index in [0.29, 0.717) is 22.0 Å². The van der Waals surface area contributed by atoms with E-state index in [1.54, 1.807) is 42.5 Å². The molecule has 8 heteroatoms. The van der Waals surface area contributed by atoms with Crippen LogP contribution in [0, 0.1) is 12.7 Å². The van der Waals surface area contributed by atoms with Gasteiger partial charge in [0.2, 0.25) is 0 Å². The van der Waals surface area contributed by atoms with Gasteiger partial charge in [-0.1, -0.05) is 29.8 Å². The Balaban J connectivity index is 1.98. The molecule has 1 fully saturated rings. The lowest BCUT2D eigenvalue weighted by Crippen LogP contribution is -2.29. The average Bonchev–Trinajstić information content (AvgIpc) is 3.10. The average molecular weight is 482 g/mol. The Labute approximate surface area is 200 Å². The highest BCUT2D eigenvalue weighted by Crippen LogP contribution is 2.44. The van der Waals surface area contributed by atoms with Gasteiger partial charge in [0.1, 0.15) is 23.1 Å². The lowest BCUT2D eigenvalue weighted by molar-refractivity contribution is -0.132. The fraction of sp³-hybridized carbons (Fsp3) is 0.154. The van der Waals surface area contributed by atoms with Crippen molar-refractivity contribution >= 4 is 34.7 Å². The molecule has 1 amide bonds. The van der Waals surface area contributed by atoms with Crippen LogP contribution in [0.25, 0.3) is 5.76 Å². The third-order valence-corrected chi connectivity index (χ3v) is 6.13. The summed E-state index contributed by atoms with van der Waals surface area (Å²) in [4.78, 5) is 27.8. The van der Waals surface area contributed by atoms with E-state index in [1.807, 2.05) is 6.92 Å². The van der Waals surface area contributed by atoms with Crippen LogP contribution in [0.5, 0.6) is 11.5 Å². The van der Waals surface area contributed by atoms with Crippen molar-refractivity contribution in [3.63, 3.8) is 0 Å². The van der Waals surface area contributed by atoms with Crippen molar-refractivity contribution in [2.75, 3.05) is 19.1 Å². The van der Waals surface area contributed by atoms with Gasteiger partial charge in [-0.05, 0) is 60.5 Å². The number of hydrogen-bond donors (Lipinski definition) is 1. The summed E-state index contributed by atoms with van der Waals surface area (Å²) in [5, 5.41) is 11.6. The molecule has 1 aliphatic rings.